The zero-order valence-corrected chi connectivity index (χ0v) is 10.1. The Hall–Kier alpha value is -1.88. The number of hydrogen-bond donors (Lipinski definition) is 2. The fraction of sp³-hybridized carbons (Fsp3) is 0.182. The van der Waals surface area contributed by atoms with Crippen molar-refractivity contribution in [3.05, 3.63) is 22.7 Å². The van der Waals surface area contributed by atoms with Gasteiger partial charge in [-0.15, -0.1) is 0 Å². The van der Waals surface area contributed by atoms with Crippen LogP contribution in [-0.4, -0.2) is 17.4 Å². The van der Waals surface area contributed by atoms with E-state index in [1.165, 1.54) is 13.2 Å². The molecule has 0 bridgehead atoms. The van der Waals surface area contributed by atoms with Crippen LogP contribution in [0.25, 0.3) is 11.3 Å². The molecule has 0 saturated carbocycles. The molecule has 0 radical (unpaired) electrons. The molecule has 1 aromatic heterocycles. The first-order valence-electron chi connectivity index (χ1n) is 4.83. The Morgan fingerprint density at radius 3 is 2.71 bits per heavy atom. The first-order chi connectivity index (χ1) is 8.04. The van der Waals surface area contributed by atoms with Gasteiger partial charge >= 0.3 is 0 Å². The van der Waals surface area contributed by atoms with E-state index in [1.807, 2.05) is 0 Å². The molecule has 0 aliphatic carbocycles. The van der Waals surface area contributed by atoms with Crippen molar-refractivity contribution in [3.8, 4) is 22.8 Å². The van der Waals surface area contributed by atoms with Crippen LogP contribution in [0.15, 0.2) is 16.7 Å². The molecule has 0 atom stereocenters. The van der Waals surface area contributed by atoms with E-state index in [0.29, 0.717) is 27.7 Å². The van der Waals surface area contributed by atoms with Gasteiger partial charge in [-0.3, -0.25) is 0 Å². The highest BCUT2D eigenvalue weighted by molar-refractivity contribution is 6.32. The zero-order valence-electron chi connectivity index (χ0n) is 9.32. The molecular weight excluding hydrogens is 244 g/mol. The largest absolute Gasteiger partial charge is 0.507 e. The summed E-state index contributed by atoms with van der Waals surface area (Å²) in [5.74, 6) is 1.06. The number of nitrogens with two attached hydrogens (primary N) is 1. The standard InChI is InChI=1S/C11H11ClN2O3/c1-5-10(15)6(3-7(12)11(5)16-2)8-4-9(13)14-17-8/h3-4,15H,1-2H3,(H2,13,14). The summed E-state index contributed by atoms with van der Waals surface area (Å²) in [6.45, 7) is 1.70. The highest BCUT2D eigenvalue weighted by Crippen LogP contribution is 2.42. The van der Waals surface area contributed by atoms with Crippen LogP contribution in [0.1, 0.15) is 5.56 Å². The SMILES string of the molecule is COc1c(Cl)cc(-c2cc(N)no2)c(O)c1C. The maximum absolute atomic E-state index is 10.0. The number of aromatic hydroxyl groups is 1. The second-order valence-corrected chi connectivity index (χ2v) is 3.94. The number of nitrogen functional groups attached to an aromatic ring is 1. The number of phenols is 1. The average molecular weight is 255 g/mol. The maximum atomic E-state index is 10.0. The summed E-state index contributed by atoms with van der Waals surface area (Å²) in [5, 5.41) is 14.0. The van der Waals surface area contributed by atoms with Gasteiger partial charge in [0.25, 0.3) is 0 Å². The van der Waals surface area contributed by atoms with Gasteiger partial charge in [0.1, 0.15) is 11.5 Å². The fourth-order valence-electron chi connectivity index (χ4n) is 1.60. The highest BCUT2D eigenvalue weighted by Gasteiger charge is 2.18. The van der Waals surface area contributed by atoms with Crippen molar-refractivity contribution < 1.29 is 14.4 Å². The Morgan fingerprint density at radius 1 is 1.47 bits per heavy atom. The number of rotatable bonds is 2. The van der Waals surface area contributed by atoms with Crippen molar-refractivity contribution in [2.45, 2.75) is 6.92 Å². The third-order valence-electron chi connectivity index (χ3n) is 2.44. The number of phenolic OH excluding ortho intramolecular Hbond substituents is 1. The van der Waals surface area contributed by atoms with Crippen LogP contribution in [0.2, 0.25) is 5.02 Å². The van der Waals surface area contributed by atoms with E-state index in [-0.39, 0.29) is 11.6 Å². The molecule has 5 nitrogen and oxygen atoms in total. The number of aromatic nitrogens is 1. The van der Waals surface area contributed by atoms with Crippen molar-refractivity contribution in [3.63, 3.8) is 0 Å². The summed E-state index contributed by atoms with van der Waals surface area (Å²) in [5.41, 5.74) is 6.41. The lowest BCUT2D eigenvalue weighted by Crippen LogP contribution is -1.91. The summed E-state index contributed by atoms with van der Waals surface area (Å²) >= 11 is 6.03. The molecule has 2 aromatic rings. The summed E-state index contributed by atoms with van der Waals surface area (Å²) in [7, 11) is 1.49. The number of benzene rings is 1. The minimum atomic E-state index is 0.0300. The monoisotopic (exact) mass is 254 g/mol. The molecule has 0 spiro atoms. The quantitative estimate of drug-likeness (QED) is 0.861. The van der Waals surface area contributed by atoms with E-state index in [1.54, 1.807) is 13.0 Å². The molecule has 0 aliphatic heterocycles. The summed E-state index contributed by atoms with van der Waals surface area (Å²) < 4.78 is 10.1. The Labute approximate surface area is 103 Å². The summed E-state index contributed by atoms with van der Waals surface area (Å²) in [6, 6.07) is 3.06. The number of nitrogens with zero attached hydrogens (tertiary/aromatic N) is 1. The topological polar surface area (TPSA) is 81.5 Å². The highest BCUT2D eigenvalue weighted by atomic mass is 35.5. The van der Waals surface area contributed by atoms with E-state index in [4.69, 9.17) is 26.6 Å². The smallest absolute Gasteiger partial charge is 0.172 e. The molecule has 6 heteroatoms. The fourth-order valence-corrected chi connectivity index (χ4v) is 1.93. The molecule has 0 saturated heterocycles. The van der Waals surface area contributed by atoms with E-state index in [0.717, 1.165) is 0 Å². The average Bonchev–Trinajstić information content (AvgIpc) is 2.71. The third kappa shape index (κ3) is 1.89. The number of halogens is 1. The molecule has 0 unspecified atom stereocenters. The molecular formula is C11H11ClN2O3. The van der Waals surface area contributed by atoms with Gasteiger partial charge in [0.15, 0.2) is 11.6 Å². The molecule has 1 heterocycles. The van der Waals surface area contributed by atoms with Crippen molar-refractivity contribution in [2.24, 2.45) is 0 Å². The first-order valence-corrected chi connectivity index (χ1v) is 5.21. The third-order valence-corrected chi connectivity index (χ3v) is 2.72. The second kappa shape index (κ2) is 4.18. The molecule has 17 heavy (non-hydrogen) atoms. The van der Waals surface area contributed by atoms with Gasteiger partial charge in [-0.2, -0.15) is 0 Å². The van der Waals surface area contributed by atoms with Crippen molar-refractivity contribution in [1.29, 1.82) is 0 Å². The summed E-state index contributed by atoms with van der Waals surface area (Å²) in [4.78, 5) is 0. The van der Waals surface area contributed by atoms with E-state index >= 15 is 0 Å². The van der Waals surface area contributed by atoms with Gasteiger partial charge in [0.2, 0.25) is 0 Å². The minimum Gasteiger partial charge on any atom is -0.507 e. The van der Waals surface area contributed by atoms with Crippen LogP contribution >= 0.6 is 11.6 Å². The Bertz CT molecular complexity index is 566. The van der Waals surface area contributed by atoms with Crippen molar-refractivity contribution >= 4 is 17.4 Å². The predicted octanol–water partition coefficient (Wildman–Crippen LogP) is 2.60. The van der Waals surface area contributed by atoms with Crippen LogP contribution in [-0.2, 0) is 0 Å². The molecule has 3 N–H and O–H groups in total. The van der Waals surface area contributed by atoms with Gasteiger partial charge < -0.3 is 20.1 Å². The van der Waals surface area contributed by atoms with E-state index in [2.05, 4.69) is 5.16 Å². The van der Waals surface area contributed by atoms with Gasteiger partial charge in [-0.25, -0.2) is 0 Å². The zero-order chi connectivity index (χ0) is 12.6. The molecule has 0 fully saturated rings. The number of hydrogen-bond acceptors (Lipinski definition) is 5. The van der Waals surface area contributed by atoms with E-state index in [9.17, 15) is 5.11 Å². The number of ether oxygens (including phenoxy) is 1. The Balaban J connectivity index is 2.64. The lowest BCUT2D eigenvalue weighted by atomic mass is 10.1. The van der Waals surface area contributed by atoms with Crippen LogP contribution < -0.4 is 10.5 Å². The Kier molecular flexibility index (Phi) is 2.85. The molecule has 2 rings (SSSR count). The minimum absolute atomic E-state index is 0.0300. The van der Waals surface area contributed by atoms with Crippen molar-refractivity contribution in [2.75, 3.05) is 12.8 Å². The molecule has 90 valence electrons. The van der Waals surface area contributed by atoms with E-state index < -0.39 is 0 Å². The lowest BCUT2D eigenvalue weighted by Gasteiger charge is -2.11. The lowest BCUT2D eigenvalue weighted by molar-refractivity contribution is 0.401. The normalized spacial score (nSPS) is 10.5. The first kappa shape index (κ1) is 11.6. The van der Waals surface area contributed by atoms with Gasteiger partial charge in [0.05, 0.1) is 17.7 Å². The van der Waals surface area contributed by atoms with Crippen LogP contribution in [0, 0.1) is 6.92 Å². The van der Waals surface area contributed by atoms with Crippen LogP contribution in [0.5, 0.6) is 11.5 Å². The number of methoxy groups -OCH3 is 1. The van der Waals surface area contributed by atoms with Crippen molar-refractivity contribution in [1.82, 2.24) is 5.16 Å². The summed E-state index contributed by atoms with van der Waals surface area (Å²) in [6.07, 6.45) is 0. The van der Waals surface area contributed by atoms with Gasteiger partial charge in [-0.1, -0.05) is 16.8 Å². The number of anilines is 1. The second-order valence-electron chi connectivity index (χ2n) is 3.53. The molecule has 0 aliphatic rings. The van der Waals surface area contributed by atoms with Gasteiger partial charge in [-0.05, 0) is 13.0 Å². The molecule has 0 amide bonds. The van der Waals surface area contributed by atoms with Gasteiger partial charge in [0, 0.05) is 11.6 Å². The van der Waals surface area contributed by atoms with Crippen LogP contribution in [0.3, 0.4) is 0 Å². The Morgan fingerprint density at radius 2 is 2.18 bits per heavy atom. The van der Waals surface area contributed by atoms with Crippen LogP contribution in [0.4, 0.5) is 5.82 Å². The predicted molar refractivity (Wildman–Crippen MR) is 64.3 cm³/mol. The molecule has 1 aromatic carbocycles. The maximum Gasteiger partial charge on any atom is 0.172 e.